The zero-order valence-corrected chi connectivity index (χ0v) is 14.8. The molecule has 24 heavy (non-hydrogen) atoms. The van der Waals surface area contributed by atoms with Crippen LogP contribution in [-0.4, -0.2) is 15.5 Å². The molecule has 0 aliphatic carbocycles. The molecule has 0 aliphatic heterocycles. The number of hydrogen-bond acceptors (Lipinski definition) is 3. The smallest absolute Gasteiger partial charge is 0.261 e. The normalized spacial score (nSPS) is 10.8. The monoisotopic (exact) mass is 405 g/mol. The van der Waals surface area contributed by atoms with Gasteiger partial charge in [0, 0.05) is 17.4 Å². The lowest BCUT2D eigenvalue weighted by Gasteiger charge is -2.09. The number of para-hydroxylation sites is 1. The van der Waals surface area contributed by atoms with Crippen molar-refractivity contribution >= 4 is 50.0 Å². The van der Waals surface area contributed by atoms with Crippen molar-refractivity contribution in [2.24, 2.45) is 0 Å². The van der Waals surface area contributed by atoms with E-state index in [1.807, 2.05) is 6.07 Å². The fourth-order valence-electron chi connectivity index (χ4n) is 2.29. The van der Waals surface area contributed by atoms with E-state index in [0.717, 1.165) is 4.47 Å². The highest BCUT2D eigenvalue weighted by Crippen LogP contribution is 2.20. The summed E-state index contributed by atoms with van der Waals surface area (Å²) in [5.74, 6) is -0.218. The Morgan fingerprint density at radius 1 is 1.25 bits per heavy atom. The Morgan fingerprint density at radius 3 is 2.83 bits per heavy atom. The molecule has 0 atom stereocenters. The molecule has 122 valence electrons. The lowest BCUT2D eigenvalue weighted by molar-refractivity contribution is -0.116. The van der Waals surface area contributed by atoms with Gasteiger partial charge in [0.1, 0.15) is 0 Å². The summed E-state index contributed by atoms with van der Waals surface area (Å²) in [6.45, 7) is 0.241. The van der Waals surface area contributed by atoms with Crippen molar-refractivity contribution in [1.82, 2.24) is 9.55 Å². The molecule has 5 nitrogen and oxygen atoms in total. The summed E-state index contributed by atoms with van der Waals surface area (Å²) in [5.41, 5.74) is 1.00. The van der Waals surface area contributed by atoms with Crippen LogP contribution in [0.1, 0.15) is 6.42 Å². The highest BCUT2D eigenvalue weighted by molar-refractivity contribution is 9.10. The van der Waals surface area contributed by atoms with Crippen LogP contribution in [0.2, 0.25) is 5.02 Å². The number of halogens is 2. The van der Waals surface area contributed by atoms with Crippen LogP contribution < -0.4 is 10.9 Å². The predicted octanol–water partition coefficient (Wildman–Crippen LogP) is 3.84. The van der Waals surface area contributed by atoms with Crippen molar-refractivity contribution in [3.8, 4) is 0 Å². The number of aryl methyl sites for hydroxylation is 1. The minimum absolute atomic E-state index is 0.145. The molecule has 0 saturated carbocycles. The second-order valence-electron chi connectivity index (χ2n) is 5.18. The van der Waals surface area contributed by atoms with Gasteiger partial charge in [0.25, 0.3) is 5.56 Å². The number of nitrogens with zero attached hydrogens (tertiary/aromatic N) is 2. The summed E-state index contributed by atoms with van der Waals surface area (Å²) in [4.78, 5) is 28.8. The molecule has 1 heterocycles. The minimum atomic E-state index is -0.218. The Labute approximate surface area is 151 Å². The molecule has 0 aliphatic rings. The van der Waals surface area contributed by atoms with Crippen LogP contribution in [0.3, 0.4) is 0 Å². The average Bonchev–Trinajstić information content (AvgIpc) is 2.57. The number of carbonyl (C=O) groups is 1. The van der Waals surface area contributed by atoms with Crippen LogP contribution in [0.15, 0.2) is 58.1 Å². The van der Waals surface area contributed by atoms with E-state index in [9.17, 15) is 9.59 Å². The molecular weight excluding hydrogens is 394 g/mol. The van der Waals surface area contributed by atoms with Gasteiger partial charge in [-0.1, -0.05) is 39.7 Å². The Bertz CT molecular complexity index is 971. The predicted molar refractivity (Wildman–Crippen MR) is 98.4 cm³/mol. The van der Waals surface area contributed by atoms with E-state index >= 15 is 0 Å². The van der Waals surface area contributed by atoms with Crippen LogP contribution >= 0.6 is 27.5 Å². The average molecular weight is 407 g/mol. The maximum absolute atomic E-state index is 12.5. The molecule has 0 unspecified atom stereocenters. The molecule has 2 aromatic carbocycles. The van der Waals surface area contributed by atoms with E-state index in [1.54, 1.807) is 36.4 Å². The zero-order valence-electron chi connectivity index (χ0n) is 12.5. The maximum Gasteiger partial charge on any atom is 0.261 e. The molecule has 0 bridgehead atoms. The topological polar surface area (TPSA) is 64.0 Å². The summed E-state index contributed by atoms with van der Waals surface area (Å²) in [7, 11) is 0. The van der Waals surface area contributed by atoms with Crippen molar-refractivity contribution in [3.05, 3.63) is 68.6 Å². The summed E-state index contributed by atoms with van der Waals surface area (Å²) < 4.78 is 2.24. The van der Waals surface area contributed by atoms with E-state index < -0.39 is 0 Å². The van der Waals surface area contributed by atoms with Crippen LogP contribution in [0, 0.1) is 0 Å². The number of aromatic nitrogens is 2. The largest absolute Gasteiger partial charge is 0.325 e. The fourth-order valence-corrected chi connectivity index (χ4v) is 2.83. The SMILES string of the molecule is O=C(CCn1cnc2ccc(Br)cc2c1=O)Nc1ccccc1Cl. The van der Waals surface area contributed by atoms with Crippen LogP contribution in [0.4, 0.5) is 5.69 Å². The second-order valence-corrected chi connectivity index (χ2v) is 6.51. The van der Waals surface area contributed by atoms with Gasteiger partial charge in [-0.25, -0.2) is 4.98 Å². The van der Waals surface area contributed by atoms with Crippen molar-refractivity contribution in [2.75, 3.05) is 5.32 Å². The highest BCUT2D eigenvalue weighted by Gasteiger charge is 2.08. The first-order valence-corrected chi connectivity index (χ1v) is 8.41. The Morgan fingerprint density at radius 2 is 2.04 bits per heavy atom. The third kappa shape index (κ3) is 3.66. The summed E-state index contributed by atoms with van der Waals surface area (Å²) in [6.07, 6.45) is 1.60. The van der Waals surface area contributed by atoms with Crippen molar-refractivity contribution in [3.63, 3.8) is 0 Å². The standard InChI is InChI=1S/C17H13BrClN3O2/c18-11-5-6-14-12(9-11)17(24)22(10-20-14)8-7-16(23)21-15-4-2-1-3-13(15)19/h1-6,9-10H,7-8H2,(H,21,23). The number of fused-ring (bicyclic) bond motifs is 1. The van der Waals surface area contributed by atoms with E-state index in [4.69, 9.17) is 11.6 Å². The number of anilines is 1. The zero-order chi connectivity index (χ0) is 17.1. The first-order valence-electron chi connectivity index (χ1n) is 7.23. The number of amides is 1. The van der Waals surface area contributed by atoms with E-state index in [-0.39, 0.29) is 24.4 Å². The van der Waals surface area contributed by atoms with Gasteiger partial charge in [-0.3, -0.25) is 14.2 Å². The van der Waals surface area contributed by atoms with E-state index in [0.29, 0.717) is 21.6 Å². The van der Waals surface area contributed by atoms with Crippen LogP contribution in [0.5, 0.6) is 0 Å². The van der Waals surface area contributed by atoms with E-state index in [2.05, 4.69) is 26.2 Å². The first-order chi connectivity index (χ1) is 11.5. The van der Waals surface area contributed by atoms with Crippen molar-refractivity contribution in [2.45, 2.75) is 13.0 Å². The second kappa shape index (κ2) is 7.15. The van der Waals surface area contributed by atoms with E-state index in [1.165, 1.54) is 10.9 Å². The summed E-state index contributed by atoms with van der Waals surface area (Å²) in [5, 5.41) is 3.72. The Kier molecular flexibility index (Phi) is 4.97. The number of benzene rings is 2. The van der Waals surface area contributed by atoms with Crippen LogP contribution in [-0.2, 0) is 11.3 Å². The molecule has 0 fully saturated rings. The van der Waals surface area contributed by atoms with Crippen molar-refractivity contribution in [1.29, 1.82) is 0 Å². The highest BCUT2D eigenvalue weighted by atomic mass is 79.9. The van der Waals surface area contributed by atoms with Gasteiger partial charge in [0.2, 0.25) is 5.91 Å². The van der Waals surface area contributed by atoms with Crippen molar-refractivity contribution < 1.29 is 4.79 Å². The molecular formula is C17H13BrClN3O2. The quantitative estimate of drug-likeness (QED) is 0.716. The lowest BCUT2D eigenvalue weighted by atomic mass is 10.2. The molecule has 0 radical (unpaired) electrons. The number of nitrogens with one attached hydrogen (secondary N) is 1. The molecule has 7 heteroatoms. The number of carbonyl (C=O) groups excluding carboxylic acids is 1. The van der Waals surface area contributed by atoms with Gasteiger partial charge in [-0.2, -0.15) is 0 Å². The van der Waals surface area contributed by atoms with Gasteiger partial charge < -0.3 is 5.32 Å². The summed E-state index contributed by atoms with van der Waals surface area (Å²) in [6, 6.07) is 12.3. The molecule has 3 aromatic rings. The molecule has 3 rings (SSSR count). The molecule has 1 amide bonds. The molecule has 0 spiro atoms. The Balaban J connectivity index is 1.74. The minimum Gasteiger partial charge on any atom is -0.325 e. The van der Waals surface area contributed by atoms with Gasteiger partial charge in [0.05, 0.1) is 27.9 Å². The van der Waals surface area contributed by atoms with Gasteiger partial charge in [-0.15, -0.1) is 0 Å². The van der Waals surface area contributed by atoms with Gasteiger partial charge in [0.15, 0.2) is 0 Å². The third-order valence-corrected chi connectivity index (χ3v) is 4.34. The Hall–Kier alpha value is -2.18. The maximum atomic E-state index is 12.5. The van der Waals surface area contributed by atoms with Gasteiger partial charge >= 0.3 is 0 Å². The molecule has 1 N–H and O–H groups in total. The lowest BCUT2D eigenvalue weighted by Crippen LogP contribution is -2.23. The molecule has 0 saturated heterocycles. The number of rotatable bonds is 4. The first kappa shape index (κ1) is 16.7. The van der Waals surface area contributed by atoms with Crippen LogP contribution in [0.25, 0.3) is 10.9 Å². The molecule has 1 aromatic heterocycles. The fraction of sp³-hybridized carbons (Fsp3) is 0.118. The number of hydrogen-bond donors (Lipinski definition) is 1. The van der Waals surface area contributed by atoms with Gasteiger partial charge in [-0.05, 0) is 30.3 Å². The summed E-state index contributed by atoms with van der Waals surface area (Å²) >= 11 is 9.35. The third-order valence-electron chi connectivity index (χ3n) is 3.51.